The Morgan fingerprint density at radius 3 is 2.65 bits per heavy atom. The summed E-state index contributed by atoms with van der Waals surface area (Å²) in [6.45, 7) is 1.91. The second-order valence-electron chi connectivity index (χ2n) is 4.43. The minimum atomic E-state index is -3.57. The average molecular weight is 295 g/mol. The lowest BCUT2D eigenvalue weighted by Gasteiger charge is -2.18. The number of aromatic nitrogens is 2. The minimum absolute atomic E-state index is 0.190. The van der Waals surface area contributed by atoms with Crippen LogP contribution in [0.3, 0.4) is 0 Å². The molecule has 7 heteroatoms. The number of ether oxygens (including phenoxy) is 1. The van der Waals surface area contributed by atoms with Gasteiger partial charge in [0.25, 0.3) is 0 Å². The van der Waals surface area contributed by atoms with Crippen LogP contribution >= 0.6 is 0 Å². The van der Waals surface area contributed by atoms with E-state index < -0.39 is 10.0 Å². The van der Waals surface area contributed by atoms with E-state index >= 15 is 0 Å². The highest BCUT2D eigenvalue weighted by Gasteiger charge is 2.24. The third-order valence-corrected chi connectivity index (χ3v) is 4.97. The molecule has 108 valence electrons. The van der Waals surface area contributed by atoms with Crippen LogP contribution in [0.5, 0.6) is 5.75 Å². The van der Waals surface area contributed by atoms with Gasteiger partial charge in [-0.1, -0.05) is 18.2 Å². The lowest BCUT2D eigenvalue weighted by Crippen LogP contribution is -2.27. The zero-order valence-electron chi connectivity index (χ0n) is 11.6. The SMILES string of the molecule is COc1ccccc1CN(C)S(=O)(=O)c1cn[nH]c1C. The summed E-state index contributed by atoms with van der Waals surface area (Å²) < 4.78 is 31.4. The molecule has 1 aromatic carbocycles. The molecule has 1 heterocycles. The van der Waals surface area contributed by atoms with Crippen LogP contribution < -0.4 is 4.74 Å². The third kappa shape index (κ3) is 2.68. The van der Waals surface area contributed by atoms with Gasteiger partial charge in [-0.2, -0.15) is 9.40 Å². The number of sulfonamides is 1. The summed E-state index contributed by atoms with van der Waals surface area (Å²) in [4.78, 5) is 0.190. The molecule has 20 heavy (non-hydrogen) atoms. The maximum absolute atomic E-state index is 12.4. The highest BCUT2D eigenvalue weighted by Crippen LogP contribution is 2.23. The molecule has 2 aromatic rings. The van der Waals surface area contributed by atoms with Gasteiger partial charge < -0.3 is 4.74 Å². The number of aromatic amines is 1. The number of hydrogen-bond acceptors (Lipinski definition) is 4. The van der Waals surface area contributed by atoms with Crippen molar-refractivity contribution < 1.29 is 13.2 Å². The molecule has 2 rings (SSSR count). The van der Waals surface area contributed by atoms with Gasteiger partial charge in [-0.3, -0.25) is 5.10 Å². The fourth-order valence-corrected chi connectivity index (χ4v) is 3.19. The average Bonchev–Trinajstić information content (AvgIpc) is 2.86. The second kappa shape index (κ2) is 5.64. The molecule has 0 aliphatic carbocycles. The van der Waals surface area contributed by atoms with Crippen LogP contribution in [0.2, 0.25) is 0 Å². The molecular formula is C13H17N3O3S. The molecule has 0 radical (unpaired) electrons. The normalized spacial score (nSPS) is 11.8. The number of hydrogen-bond donors (Lipinski definition) is 1. The summed E-state index contributed by atoms with van der Waals surface area (Å²) in [5.41, 5.74) is 1.33. The standard InChI is InChI=1S/C13H17N3O3S/c1-10-13(8-14-15-10)20(17,18)16(2)9-11-6-4-5-7-12(11)19-3/h4-8H,9H2,1-3H3,(H,14,15). The lowest BCUT2D eigenvalue weighted by atomic mass is 10.2. The fourth-order valence-electron chi connectivity index (χ4n) is 1.93. The molecule has 0 saturated heterocycles. The topological polar surface area (TPSA) is 75.3 Å². The molecule has 1 N–H and O–H groups in total. The van der Waals surface area contributed by atoms with Crippen molar-refractivity contribution in [2.75, 3.05) is 14.2 Å². The summed E-state index contributed by atoms with van der Waals surface area (Å²) in [6.07, 6.45) is 1.32. The number of methoxy groups -OCH3 is 1. The maximum atomic E-state index is 12.4. The Hall–Kier alpha value is -1.86. The fraction of sp³-hybridized carbons (Fsp3) is 0.308. The van der Waals surface area contributed by atoms with Gasteiger partial charge >= 0.3 is 0 Å². The monoisotopic (exact) mass is 295 g/mol. The van der Waals surface area contributed by atoms with E-state index in [0.717, 1.165) is 5.56 Å². The molecule has 0 atom stereocenters. The van der Waals surface area contributed by atoms with E-state index in [-0.39, 0.29) is 11.4 Å². The van der Waals surface area contributed by atoms with Crippen LogP contribution in [0.25, 0.3) is 0 Å². The van der Waals surface area contributed by atoms with Crippen molar-refractivity contribution in [1.29, 1.82) is 0 Å². The van der Waals surface area contributed by atoms with Crippen LogP contribution in [0.15, 0.2) is 35.4 Å². The third-order valence-electron chi connectivity index (χ3n) is 3.06. The molecule has 1 aromatic heterocycles. The van der Waals surface area contributed by atoms with Crippen LogP contribution in [0.4, 0.5) is 0 Å². The zero-order valence-corrected chi connectivity index (χ0v) is 12.4. The van der Waals surface area contributed by atoms with Crippen molar-refractivity contribution in [3.05, 3.63) is 41.7 Å². The smallest absolute Gasteiger partial charge is 0.246 e. The summed E-state index contributed by atoms with van der Waals surface area (Å²) in [5, 5.41) is 6.39. The highest BCUT2D eigenvalue weighted by molar-refractivity contribution is 7.89. The first-order valence-electron chi connectivity index (χ1n) is 6.05. The number of H-pyrrole nitrogens is 1. The van der Waals surface area contributed by atoms with Gasteiger partial charge in [0.15, 0.2) is 0 Å². The highest BCUT2D eigenvalue weighted by atomic mass is 32.2. The van der Waals surface area contributed by atoms with Crippen LogP contribution in [0.1, 0.15) is 11.3 Å². The maximum Gasteiger partial charge on any atom is 0.246 e. The number of nitrogens with one attached hydrogen (secondary N) is 1. The van der Waals surface area contributed by atoms with E-state index in [1.54, 1.807) is 20.1 Å². The Morgan fingerprint density at radius 2 is 2.05 bits per heavy atom. The van der Waals surface area contributed by atoms with E-state index in [4.69, 9.17) is 4.74 Å². The summed E-state index contributed by atoms with van der Waals surface area (Å²) in [6, 6.07) is 7.34. The van der Waals surface area contributed by atoms with Gasteiger partial charge in [-0.15, -0.1) is 0 Å². The molecule has 0 saturated carbocycles. The predicted molar refractivity (Wildman–Crippen MR) is 75.0 cm³/mol. The molecule has 0 fully saturated rings. The summed E-state index contributed by atoms with van der Waals surface area (Å²) in [7, 11) is -0.466. The van der Waals surface area contributed by atoms with Crippen LogP contribution in [-0.2, 0) is 16.6 Å². The summed E-state index contributed by atoms with van der Waals surface area (Å²) in [5.74, 6) is 0.665. The molecule has 0 amide bonds. The Balaban J connectivity index is 2.28. The first-order valence-corrected chi connectivity index (χ1v) is 7.49. The van der Waals surface area contributed by atoms with Crippen molar-refractivity contribution in [2.24, 2.45) is 0 Å². The molecular weight excluding hydrogens is 278 g/mol. The lowest BCUT2D eigenvalue weighted by molar-refractivity contribution is 0.398. The minimum Gasteiger partial charge on any atom is -0.496 e. The Bertz CT molecular complexity index is 694. The molecule has 0 aliphatic rings. The molecule has 0 aliphatic heterocycles. The van der Waals surface area contributed by atoms with E-state index in [9.17, 15) is 8.42 Å². The Labute approximate surface area is 118 Å². The van der Waals surface area contributed by atoms with E-state index in [0.29, 0.717) is 11.4 Å². The van der Waals surface area contributed by atoms with Gasteiger partial charge in [0, 0.05) is 19.2 Å². The number of para-hydroxylation sites is 1. The Morgan fingerprint density at radius 1 is 1.35 bits per heavy atom. The molecule has 0 unspecified atom stereocenters. The van der Waals surface area contributed by atoms with Gasteiger partial charge in [0.2, 0.25) is 10.0 Å². The van der Waals surface area contributed by atoms with Crippen LogP contribution in [0, 0.1) is 6.92 Å². The number of benzene rings is 1. The first-order chi connectivity index (χ1) is 9.46. The van der Waals surface area contributed by atoms with Gasteiger partial charge in [0.05, 0.1) is 19.0 Å². The Kier molecular flexibility index (Phi) is 4.10. The predicted octanol–water partition coefficient (Wildman–Crippen LogP) is 1.55. The first kappa shape index (κ1) is 14.5. The molecule has 6 nitrogen and oxygen atoms in total. The largest absolute Gasteiger partial charge is 0.496 e. The van der Waals surface area contributed by atoms with Crippen molar-refractivity contribution >= 4 is 10.0 Å². The van der Waals surface area contributed by atoms with E-state index in [1.807, 2.05) is 18.2 Å². The number of nitrogens with zero attached hydrogens (tertiary/aromatic N) is 2. The van der Waals surface area contributed by atoms with E-state index in [1.165, 1.54) is 17.5 Å². The number of rotatable bonds is 5. The summed E-state index contributed by atoms with van der Waals surface area (Å²) >= 11 is 0. The van der Waals surface area contributed by atoms with Gasteiger partial charge in [-0.05, 0) is 13.0 Å². The van der Waals surface area contributed by atoms with E-state index in [2.05, 4.69) is 10.2 Å². The van der Waals surface area contributed by atoms with Crippen molar-refractivity contribution in [3.63, 3.8) is 0 Å². The molecule has 0 bridgehead atoms. The van der Waals surface area contributed by atoms with Crippen molar-refractivity contribution in [3.8, 4) is 5.75 Å². The van der Waals surface area contributed by atoms with Crippen LogP contribution in [-0.4, -0.2) is 37.1 Å². The molecule has 0 spiro atoms. The zero-order chi connectivity index (χ0) is 14.8. The van der Waals surface area contributed by atoms with Crippen molar-refractivity contribution in [1.82, 2.24) is 14.5 Å². The number of aryl methyl sites for hydroxylation is 1. The quantitative estimate of drug-likeness (QED) is 0.908. The van der Waals surface area contributed by atoms with Crippen molar-refractivity contribution in [2.45, 2.75) is 18.4 Å². The van der Waals surface area contributed by atoms with Gasteiger partial charge in [0.1, 0.15) is 10.6 Å². The second-order valence-corrected chi connectivity index (χ2v) is 6.45. The van der Waals surface area contributed by atoms with Gasteiger partial charge in [-0.25, -0.2) is 8.42 Å².